The van der Waals surface area contributed by atoms with Crippen molar-refractivity contribution in [3.8, 4) is 17.1 Å². The fraction of sp³-hybridized carbons (Fsp3) is 0. The number of aromatic nitrogens is 5. The second-order valence-corrected chi connectivity index (χ2v) is 7.98. The van der Waals surface area contributed by atoms with Gasteiger partial charge in [-0.25, -0.2) is 14.6 Å². The first-order chi connectivity index (χ1) is 17.7. The number of carbonyl (C=O) groups excluding carboxylic acids is 1. The number of anilines is 3. The van der Waals surface area contributed by atoms with Crippen LogP contribution in [0.1, 0.15) is 10.4 Å². The molecule has 9 nitrogen and oxygen atoms in total. The molecule has 6 aromatic rings. The maximum atomic E-state index is 13.0. The zero-order chi connectivity index (χ0) is 24.3. The molecule has 0 fully saturated rings. The summed E-state index contributed by atoms with van der Waals surface area (Å²) in [6, 6.07) is 26.0. The van der Waals surface area contributed by atoms with Gasteiger partial charge in [-0.2, -0.15) is 5.10 Å². The molecular formula is C27H19N7O2. The van der Waals surface area contributed by atoms with Crippen LogP contribution in [0.15, 0.2) is 108 Å². The lowest BCUT2D eigenvalue weighted by Gasteiger charge is -2.09. The van der Waals surface area contributed by atoms with Crippen molar-refractivity contribution in [2.24, 2.45) is 0 Å². The van der Waals surface area contributed by atoms with Gasteiger partial charge in [-0.15, -0.1) is 0 Å². The summed E-state index contributed by atoms with van der Waals surface area (Å²) in [4.78, 5) is 21.4. The average Bonchev–Trinajstić information content (AvgIpc) is 3.61. The van der Waals surface area contributed by atoms with Crippen LogP contribution >= 0.6 is 0 Å². The van der Waals surface area contributed by atoms with Crippen LogP contribution in [0.25, 0.3) is 28.0 Å². The quantitative estimate of drug-likeness (QED) is 0.330. The van der Waals surface area contributed by atoms with Gasteiger partial charge in [-0.1, -0.05) is 35.5 Å². The van der Waals surface area contributed by atoms with Crippen LogP contribution in [0.5, 0.6) is 0 Å². The zero-order valence-corrected chi connectivity index (χ0v) is 18.9. The molecule has 1 amide bonds. The number of hydrogen-bond donors (Lipinski definition) is 2. The highest BCUT2D eigenvalue weighted by Gasteiger charge is 2.14. The summed E-state index contributed by atoms with van der Waals surface area (Å²) in [7, 11) is 0. The molecule has 3 aromatic carbocycles. The van der Waals surface area contributed by atoms with Gasteiger partial charge in [0.1, 0.15) is 17.7 Å². The van der Waals surface area contributed by atoms with Crippen molar-refractivity contribution >= 4 is 34.0 Å². The first-order valence-electron chi connectivity index (χ1n) is 11.2. The number of fused-ring (bicyclic) bond motifs is 1. The van der Waals surface area contributed by atoms with Crippen LogP contribution in [0.2, 0.25) is 0 Å². The Balaban J connectivity index is 1.17. The van der Waals surface area contributed by atoms with Crippen LogP contribution < -0.4 is 10.6 Å². The monoisotopic (exact) mass is 473 g/mol. The Morgan fingerprint density at radius 2 is 1.69 bits per heavy atom. The largest absolute Gasteiger partial charge is 0.355 e. The minimum absolute atomic E-state index is 0.225. The molecule has 0 atom stereocenters. The number of carbonyl (C=O) groups is 1. The summed E-state index contributed by atoms with van der Waals surface area (Å²) < 4.78 is 7.20. The second kappa shape index (κ2) is 9.15. The molecule has 0 spiro atoms. The molecule has 0 radical (unpaired) electrons. The second-order valence-electron chi connectivity index (χ2n) is 7.98. The number of benzene rings is 3. The summed E-state index contributed by atoms with van der Waals surface area (Å²) in [6.45, 7) is 0. The Morgan fingerprint density at radius 3 is 2.50 bits per heavy atom. The Hall–Kier alpha value is -5.31. The highest BCUT2D eigenvalue weighted by molar-refractivity contribution is 6.07. The molecule has 174 valence electrons. The predicted molar refractivity (Wildman–Crippen MR) is 136 cm³/mol. The van der Waals surface area contributed by atoms with Gasteiger partial charge in [0.25, 0.3) is 5.91 Å². The summed E-state index contributed by atoms with van der Waals surface area (Å²) in [5.74, 6) is 1.69. The SMILES string of the molecule is O=C(Nc1ccc(Nc2cc(-n3cccn3)ncn2)cc1)c1ccc2noc(-c3ccccc3)c2c1. The van der Waals surface area contributed by atoms with Gasteiger partial charge in [0.2, 0.25) is 0 Å². The van der Waals surface area contributed by atoms with Crippen LogP contribution in [0.4, 0.5) is 17.2 Å². The Morgan fingerprint density at radius 1 is 0.861 bits per heavy atom. The fourth-order valence-electron chi connectivity index (χ4n) is 3.81. The Kier molecular flexibility index (Phi) is 5.40. The molecule has 36 heavy (non-hydrogen) atoms. The van der Waals surface area contributed by atoms with Gasteiger partial charge in [-0.05, 0) is 48.5 Å². The van der Waals surface area contributed by atoms with Crippen LogP contribution in [-0.2, 0) is 0 Å². The van der Waals surface area contributed by atoms with E-state index in [0.717, 1.165) is 16.6 Å². The van der Waals surface area contributed by atoms with Gasteiger partial charge < -0.3 is 15.2 Å². The molecule has 6 rings (SSSR count). The standard InChI is InChI=1S/C27H19N7O2/c35-27(19-7-12-23-22(15-19)26(36-33-23)18-5-2-1-3-6-18)32-21-10-8-20(9-11-21)31-24-16-25(29-17-28-24)34-14-4-13-30-34/h1-17H,(H,32,35)(H,28,29,31). The molecule has 0 saturated carbocycles. The molecular weight excluding hydrogens is 454 g/mol. The molecule has 0 aliphatic heterocycles. The van der Waals surface area contributed by atoms with Gasteiger partial charge in [-0.3, -0.25) is 4.79 Å². The topological polar surface area (TPSA) is 111 Å². The maximum absolute atomic E-state index is 13.0. The average molecular weight is 473 g/mol. The van der Waals surface area contributed by atoms with Crippen LogP contribution in [0, 0.1) is 0 Å². The third-order valence-corrected chi connectivity index (χ3v) is 5.58. The number of hydrogen-bond acceptors (Lipinski definition) is 7. The molecule has 0 aliphatic rings. The van der Waals surface area contributed by atoms with Crippen molar-refractivity contribution in [2.45, 2.75) is 0 Å². The van der Waals surface area contributed by atoms with Crippen molar-refractivity contribution in [1.82, 2.24) is 24.9 Å². The van der Waals surface area contributed by atoms with E-state index < -0.39 is 0 Å². The third kappa shape index (κ3) is 4.28. The number of nitrogens with one attached hydrogen (secondary N) is 2. The molecule has 9 heteroatoms. The van der Waals surface area contributed by atoms with Gasteiger partial charge in [0.05, 0.1) is 5.39 Å². The van der Waals surface area contributed by atoms with Gasteiger partial charge in [0, 0.05) is 41.0 Å². The molecule has 0 unspecified atom stereocenters. The lowest BCUT2D eigenvalue weighted by Crippen LogP contribution is -2.11. The first-order valence-corrected chi connectivity index (χ1v) is 11.2. The summed E-state index contributed by atoms with van der Waals surface area (Å²) in [5.41, 5.74) is 3.59. The van der Waals surface area contributed by atoms with Crippen molar-refractivity contribution in [2.75, 3.05) is 10.6 Å². The number of nitrogens with zero attached hydrogens (tertiary/aromatic N) is 5. The smallest absolute Gasteiger partial charge is 0.255 e. The molecule has 0 saturated heterocycles. The Bertz CT molecular complexity index is 1640. The molecule has 0 bridgehead atoms. The van der Waals surface area contributed by atoms with Crippen molar-refractivity contribution in [1.29, 1.82) is 0 Å². The minimum Gasteiger partial charge on any atom is -0.355 e. The van der Waals surface area contributed by atoms with Crippen LogP contribution in [0.3, 0.4) is 0 Å². The highest BCUT2D eigenvalue weighted by Crippen LogP contribution is 2.29. The van der Waals surface area contributed by atoms with Gasteiger partial charge in [0.15, 0.2) is 11.6 Å². The molecule has 3 aromatic heterocycles. The summed E-state index contributed by atoms with van der Waals surface area (Å²) in [5, 5.41) is 15.3. The van der Waals surface area contributed by atoms with Gasteiger partial charge >= 0.3 is 0 Å². The fourth-order valence-corrected chi connectivity index (χ4v) is 3.81. The maximum Gasteiger partial charge on any atom is 0.255 e. The van der Waals surface area contributed by atoms with E-state index in [9.17, 15) is 4.79 Å². The lowest BCUT2D eigenvalue weighted by molar-refractivity contribution is 0.102. The van der Waals surface area contributed by atoms with E-state index in [1.54, 1.807) is 35.1 Å². The van der Waals surface area contributed by atoms with E-state index in [1.165, 1.54) is 6.33 Å². The van der Waals surface area contributed by atoms with Crippen molar-refractivity contribution in [3.63, 3.8) is 0 Å². The number of amides is 1. The Labute approximate surface area is 205 Å². The molecule has 0 aliphatic carbocycles. The van der Waals surface area contributed by atoms with E-state index in [1.807, 2.05) is 66.9 Å². The summed E-state index contributed by atoms with van der Waals surface area (Å²) >= 11 is 0. The lowest BCUT2D eigenvalue weighted by atomic mass is 10.1. The van der Waals surface area contributed by atoms with E-state index in [0.29, 0.717) is 34.2 Å². The predicted octanol–water partition coefficient (Wildman–Crippen LogP) is 5.47. The highest BCUT2D eigenvalue weighted by atomic mass is 16.5. The zero-order valence-electron chi connectivity index (χ0n) is 18.9. The normalized spacial score (nSPS) is 10.9. The van der Waals surface area contributed by atoms with E-state index in [2.05, 4.69) is 30.9 Å². The summed E-state index contributed by atoms with van der Waals surface area (Å²) in [6.07, 6.45) is 4.98. The van der Waals surface area contributed by atoms with Crippen molar-refractivity contribution in [3.05, 3.63) is 109 Å². The minimum atomic E-state index is -0.225. The molecule has 2 N–H and O–H groups in total. The first kappa shape index (κ1) is 21.2. The molecule has 3 heterocycles. The van der Waals surface area contributed by atoms with E-state index >= 15 is 0 Å². The van der Waals surface area contributed by atoms with E-state index in [-0.39, 0.29) is 5.91 Å². The van der Waals surface area contributed by atoms with Crippen LogP contribution in [-0.4, -0.2) is 30.8 Å². The van der Waals surface area contributed by atoms with Crippen molar-refractivity contribution < 1.29 is 9.32 Å². The third-order valence-electron chi connectivity index (χ3n) is 5.58. The number of rotatable bonds is 6. The van der Waals surface area contributed by atoms with E-state index in [4.69, 9.17) is 4.52 Å².